The molecule has 156 valence electrons. The van der Waals surface area contributed by atoms with E-state index in [1.54, 1.807) is 60.9 Å². The van der Waals surface area contributed by atoms with Crippen molar-refractivity contribution in [3.63, 3.8) is 0 Å². The van der Waals surface area contributed by atoms with Crippen LogP contribution in [0.25, 0.3) is 11.0 Å². The number of hydrogen-bond donors (Lipinski definition) is 1. The molecule has 0 radical (unpaired) electrons. The molecule has 0 aliphatic rings. The summed E-state index contributed by atoms with van der Waals surface area (Å²) < 4.78 is 7.48. The van der Waals surface area contributed by atoms with Gasteiger partial charge in [0.15, 0.2) is 5.52 Å². The summed E-state index contributed by atoms with van der Waals surface area (Å²) in [5, 5.41) is 2.75. The van der Waals surface area contributed by atoms with E-state index >= 15 is 0 Å². The smallest absolute Gasteiger partial charge is 0.332 e. The van der Waals surface area contributed by atoms with E-state index in [-0.39, 0.29) is 18.6 Å². The summed E-state index contributed by atoms with van der Waals surface area (Å²) in [6, 6.07) is 13.5. The number of aromatic nitrogens is 4. The fourth-order valence-electron chi connectivity index (χ4n) is 3.25. The molecule has 0 fully saturated rings. The van der Waals surface area contributed by atoms with E-state index in [9.17, 15) is 14.4 Å². The predicted octanol–water partition coefficient (Wildman–Crippen LogP) is 1.65. The van der Waals surface area contributed by atoms with Crippen molar-refractivity contribution in [2.24, 2.45) is 0 Å². The van der Waals surface area contributed by atoms with Crippen molar-refractivity contribution in [3.05, 3.63) is 93.5 Å². The van der Waals surface area contributed by atoms with E-state index in [0.717, 1.165) is 10.1 Å². The number of nitrogens with zero attached hydrogens (tertiary/aromatic N) is 4. The quantitative estimate of drug-likeness (QED) is 0.511. The maximum absolute atomic E-state index is 13.2. The molecule has 0 aliphatic carbocycles. The van der Waals surface area contributed by atoms with Crippen molar-refractivity contribution >= 4 is 22.6 Å². The molecule has 3 heterocycles. The van der Waals surface area contributed by atoms with E-state index in [0.29, 0.717) is 17.0 Å². The highest BCUT2D eigenvalue weighted by Crippen LogP contribution is 2.16. The number of anilines is 1. The number of carbonyl (C=O) groups is 1. The summed E-state index contributed by atoms with van der Waals surface area (Å²) in [5.41, 5.74) is 0.571. The Bertz CT molecular complexity index is 1360. The number of hydrogen-bond acceptors (Lipinski definition) is 6. The van der Waals surface area contributed by atoms with Crippen molar-refractivity contribution in [1.82, 2.24) is 19.1 Å². The zero-order valence-electron chi connectivity index (χ0n) is 16.7. The highest BCUT2D eigenvalue weighted by Gasteiger charge is 2.16. The van der Waals surface area contributed by atoms with Gasteiger partial charge in [-0.25, -0.2) is 9.78 Å². The van der Waals surface area contributed by atoms with Crippen molar-refractivity contribution in [2.45, 2.75) is 13.1 Å². The van der Waals surface area contributed by atoms with Crippen LogP contribution in [0.3, 0.4) is 0 Å². The highest BCUT2D eigenvalue weighted by molar-refractivity contribution is 5.91. The topological polar surface area (TPSA) is 108 Å². The van der Waals surface area contributed by atoms with Crippen LogP contribution < -0.4 is 21.3 Å². The summed E-state index contributed by atoms with van der Waals surface area (Å²) in [7, 11) is 1.53. The average Bonchev–Trinajstić information content (AvgIpc) is 2.80. The Balaban J connectivity index is 1.73. The largest absolute Gasteiger partial charge is 0.497 e. The molecule has 0 bridgehead atoms. The van der Waals surface area contributed by atoms with E-state index in [1.165, 1.54) is 17.9 Å². The Hall–Kier alpha value is -4.27. The van der Waals surface area contributed by atoms with Gasteiger partial charge in [-0.1, -0.05) is 6.07 Å². The Morgan fingerprint density at radius 1 is 1.03 bits per heavy atom. The van der Waals surface area contributed by atoms with E-state index < -0.39 is 17.2 Å². The van der Waals surface area contributed by atoms with Crippen molar-refractivity contribution in [1.29, 1.82) is 0 Å². The maximum Gasteiger partial charge on any atom is 0.332 e. The number of rotatable bonds is 6. The van der Waals surface area contributed by atoms with Gasteiger partial charge in [0.1, 0.15) is 12.3 Å². The minimum Gasteiger partial charge on any atom is -0.497 e. The van der Waals surface area contributed by atoms with Crippen LogP contribution in [0.5, 0.6) is 5.75 Å². The third-order valence-electron chi connectivity index (χ3n) is 4.73. The van der Waals surface area contributed by atoms with E-state index in [2.05, 4.69) is 15.3 Å². The fraction of sp³-hybridized carbons (Fsp3) is 0.136. The highest BCUT2D eigenvalue weighted by atomic mass is 16.5. The first-order valence-electron chi connectivity index (χ1n) is 9.48. The van der Waals surface area contributed by atoms with Crippen LogP contribution in [-0.2, 0) is 17.9 Å². The van der Waals surface area contributed by atoms with Crippen LogP contribution in [0, 0.1) is 0 Å². The number of fused-ring (bicyclic) bond motifs is 1. The number of nitrogens with one attached hydrogen (secondary N) is 1. The Labute approximate surface area is 176 Å². The first-order valence-corrected chi connectivity index (χ1v) is 9.48. The molecule has 1 aromatic carbocycles. The van der Waals surface area contributed by atoms with Crippen LogP contribution in [0.4, 0.5) is 5.69 Å². The SMILES string of the molecule is COc1cccc(NC(=O)Cn2c(=O)n(Cc3ccncc3)c(=O)c3ncccc32)c1. The number of methoxy groups -OCH3 is 1. The molecule has 3 aromatic heterocycles. The van der Waals surface area contributed by atoms with Gasteiger partial charge in [0, 0.05) is 30.3 Å². The van der Waals surface area contributed by atoms with Crippen LogP contribution >= 0.6 is 0 Å². The van der Waals surface area contributed by atoms with Gasteiger partial charge < -0.3 is 10.1 Å². The molecule has 0 saturated heterocycles. The van der Waals surface area contributed by atoms with Crippen LogP contribution in [0.1, 0.15) is 5.56 Å². The molecule has 31 heavy (non-hydrogen) atoms. The van der Waals surface area contributed by atoms with Crippen molar-refractivity contribution in [3.8, 4) is 5.75 Å². The van der Waals surface area contributed by atoms with Crippen LogP contribution in [0.15, 0.2) is 76.7 Å². The number of amides is 1. The van der Waals surface area contributed by atoms with Crippen molar-refractivity contribution < 1.29 is 9.53 Å². The summed E-state index contributed by atoms with van der Waals surface area (Å²) in [6.45, 7) is -0.237. The Kier molecular flexibility index (Phi) is 5.57. The standard InChI is InChI=1S/C22H19N5O4/c1-31-17-5-2-4-16(12-17)25-19(28)14-26-18-6-3-9-24-20(18)21(29)27(22(26)30)13-15-7-10-23-11-8-15/h2-12H,13-14H2,1H3,(H,25,28). The van der Waals surface area contributed by atoms with Gasteiger partial charge in [-0.15, -0.1) is 0 Å². The lowest BCUT2D eigenvalue weighted by Crippen LogP contribution is -2.42. The first-order chi connectivity index (χ1) is 15.1. The Morgan fingerprint density at radius 3 is 2.61 bits per heavy atom. The van der Waals surface area contributed by atoms with Crippen LogP contribution in [0.2, 0.25) is 0 Å². The zero-order valence-corrected chi connectivity index (χ0v) is 16.7. The first kappa shape index (κ1) is 20.0. The molecule has 9 heteroatoms. The van der Waals surface area contributed by atoms with Gasteiger partial charge in [-0.3, -0.25) is 23.7 Å². The van der Waals surface area contributed by atoms with Gasteiger partial charge in [0.25, 0.3) is 5.56 Å². The molecule has 0 atom stereocenters. The average molecular weight is 417 g/mol. The van der Waals surface area contributed by atoms with Gasteiger partial charge in [0.05, 0.1) is 19.2 Å². The molecule has 0 aliphatic heterocycles. The molecule has 0 saturated carbocycles. The molecule has 9 nitrogen and oxygen atoms in total. The monoisotopic (exact) mass is 417 g/mol. The number of carbonyl (C=O) groups excluding carboxylic acids is 1. The van der Waals surface area contributed by atoms with Crippen LogP contribution in [-0.4, -0.2) is 32.1 Å². The molecule has 1 N–H and O–H groups in total. The maximum atomic E-state index is 13.2. The number of pyridine rings is 2. The normalized spacial score (nSPS) is 10.7. The van der Waals surface area contributed by atoms with E-state index in [4.69, 9.17) is 4.74 Å². The summed E-state index contributed by atoms with van der Waals surface area (Å²) in [5.74, 6) is 0.171. The summed E-state index contributed by atoms with van der Waals surface area (Å²) in [4.78, 5) is 46.9. The predicted molar refractivity (Wildman–Crippen MR) is 115 cm³/mol. The van der Waals surface area contributed by atoms with Crippen molar-refractivity contribution in [2.75, 3.05) is 12.4 Å². The summed E-state index contributed by atoms with van der Waals surface area (Å²) in [6.07, 6.45) is 4.64. The molecule has 4 aromatic rings. The fourth-order valence-corrected chi connectivity index (χ4v) is 3.25. The third kappa shape index (κ3) is 4.20. The zero-order chi connectivity index (χ0) is 21.8. The number of ether oxygens (including phenoxy) is 1. The minimum absolute atomic E-state index is 0.0458. The second-order valence-corrected chi connectivity index (χ2v) is 6.77. The second-order valence-electron chi connectivity index (χ2n) is 6.77. The molecule has 1 amide bonds. The third-order valence-corrected chi connectivity index (χ3v) is 4.73. The summed E-state index contributed by atoms with van der Waals surface area (Å²) >= 11 is 0. The lowest BCUT2D eigenvalue weighted by atomic mass is 10.2. The van der Waals surface area contributed by atoms with Gasteiger partial charge in [-0.2, -0.15) is 0 Å². The number of benzene rings is 1. The Morgan fingerprint density at radius 2 is 1.84 bits per heavy atom. The second kappa shape index (κ2) is 8.62. The van der Waals surface area contributed by atoms with E-state index in [1.807, 2.05) is 0 Å². The molecule has 0 unspecified atom stereocenters. The lowest BCUT2D eigenvalue weighted by molar-refractivity contribution is -0.116. The molecular weight excluding hydrogens is 398 g/mol. The van der Waals surface area contributed by atoms with Gasteiger partial charge in [-0.05, 0) is 42.0 Å². The van der Waals surface area contributed by atoms with Gasteiger partial charge >= 0.3 is 5.69 Å². The lowest BCUT2D eigenvalue weighted by Gasteiger charge is -2.14. The molecule has 0 spiro atoms. The minimum atomic E-state index is -0.594. The molecule has 4 rings (SSSR count). The van der Waals surface area contributed by atoms with Gasteiger partial charge in [0.2, 0.25) is 5.91 Å². The molecular formula is C22H19N5O4.